The lowest BCUT2D eigenvalue weighted by molar-refractivity contribution is -0.115. The number of imide groups is 1. The monoisotopic (exact) mass is 353 g/mol. The van der Waals surface area contributed by atoms with Crippen LogP contribution in [0.5, 0.6) is 0 Å². The molecule has 0 aliphatic carbocycles. The van der Waals surface area contributed by atoms with Gasteiger partial charge >= 0.3 is 0 Å². The Balaban J connectivity index is 1.59. The third-order valence-electron chi connectivity index (χ3n) is 4.17. The zero-order chi connectivity index (χ0) is 17.4. The van der Waals surface area contributed by atoms with Crippen LogP contribution in [0.4, 0.5) is 16.4 Å². The first-order valence-corrected chi connectivity index (χ1v) is 8.61. The van der Waals surface area contributed by atoms with Gasteiger partial charge in [0.2, 0.25) is 5.95 Å². The summed E-state index contributed by atoms with van der Waals surface area (Å²) in [7, 11) is 0. The molecule has 25 heavy (non-hydrogen) atoms. The molecule has 1 fully saturated rings. The number of rotatable bonds is 2. The van der Waals surface area contributed by atoms with E-state index < -0.39 is 5.91 Å². The van der Waals surface area contributed by atoms with Gasteiger partial charge in [-0.3, -0.25) is 14.9 Å². The Hall–Kier alpha value is -2.87. The predicted octanol–water partition coefficient (Wildman–Crippen LogP) is 1.95. The van der Waals surface area contributed by atoms with E-state index in [4.69, 9.17) is 5.73 Å². The fraction of sp³-hybridized carbons (Fsp3) is 0.176. The van der Waals surface area contributed by atoms with Crippen molar-refractivity contribution in [2.75, 3.05) is 17.2 Å². The maximum atomic E-state index is 11.7. The predicted molar refractivity (Wildman–Crippen MR) is 96.7 cm³/mol. The summed E-state index contributed by atoms with van der Waals surface area (Å²) in [4.78, 5) is 34.2. The molecular formula is C17H15N5O2S. The summed E-state index contributed by atoms with van der Waals surface area (Å²) >= 11 is 0.876. The second kappa shape index (κ2) is 6.21. The van der Waals surface area contributed by atoms with E-state index in [2.05, 4.69) is 26.3 Å². The van der Waals surface area contributed by atoms with Gasteiger partial charge in [0, 0.05) is 25.0 Å². The maximum Gasteiger partial charge on any atom is 0.290 e. The Morgan fingerprint density at radius 3 is 2.96 bits per heavy atom. The van der Waals surface area contributed by atoms with Gasteiger partial charge < -0.3 is 10.6 Å². The van der Waals surface area contributed by atoms with Crippen LogP contribution in [-0.2, 0) is 17.8 Å². The Morgan fingerprint density at radius 2 is 2.16 bits per heavy atom. The molecule has 0 spiro atoms. The molecule has 1 aromatic carbocycles. The molecular weight excluding hydrogens is 338 g/mol. The maximum absolute atomic E-state index is 11.7. The fourth-order valence-electron chi connectivity index (χ4n) is 2.96. The molecule has 0 radical (unpaired) electrons. The molecule has 2 aliphatic heterocycles. The second-order valence-corrected chi connectivity index (χ2v) is 6.80. The van der Waals surface area contributed by atoms with E-state index in [0.29, 0.717) is 23.1 Å². The number of nitrogen functional groups attached to an aromatic ring is 1. The van der Waals surface area contributed by atoms with Crippen LogP contribution in [0.15, 0.2) is 35.4 Å². The van der Waals surface area contributed by atoms with Crippen LogP contribution < -0.4 is 16.0 Å². The Labute approximate surface area is 148 Å². The van der Waals surface area contributed by atoms with E-state index in [-0.39, 0.29) is 5.24 Å². The third-order valence-corrected chi connectivity index (χ3v) is 4.98. The first kappa shape index (κ1) is 15.6. The molecule has 0 saturated carbocycles. The summed E-state index contributed by atoms with van der Waals surface area (Å²) < 4.78 is 0. The third kappa shape index (κ3) is 3.08. The van der Waals surface area contributed by atoms with Crippen LogP contribution in [0.1, 0.15) is 16.8 Å². The lowest BCUT2D eigenvalue weighted by atomic mass is 9.98. The van der Waals surface area contributed by atoms with E-state index in [0.717, 1.165) is 30.4 Å². The van der Waals surface area contributed by atoms with Crippen molar-refractivity contribution < 1.29 is 9.59 Å². The number of fused-ring (bicyclic) bond motifs is 1. The molecule has 1 aromatic heterocycles. The average Bonchev–Trinajstić information content (AvgIpc) is 2.92. The second-order valence-electron chi connectivity index (χ2n) is 5.79. The van der Waals surface area contributed by atoms with Gasteiger partial charge in [-0.05, 0) is 47.5 Å². The van der Waals surface area contributed by atoms with Gasteiger partial charge in [-0.15, -0.1) is 0 Å². The molecule has 3 heterocycles. The summed E-state index contributed by atoms with van der Waals surface area (Å²) in [5, 5.41) is 1.87. The molecule has 2 aliphatic rings. The normalized spacial score (nSPS) is 18.4. The fourth-order valence-corrected chi connectivity index (χ4v) is 3.63. The Bertz CT molecular complexity index is 912. The van der Waals surface area contributed by atoms with Gasteiger partial charge in [0.25, 0.3) is 11.1 Å². The van der Waals surface area contributed by atoms with E-state index in [9.17, 15) is 9.59 Å². The largest absolute Gasteiger partial charge is 0.398 e. The van der Waals surface area contributed by atoms with Gasteiger partial charge in [-0.2, -0.15) is 0 Å². The van der Waals surface area contributed by atoms with E-state index in [1.165, 1.54) is 11.1 Å². The van der Waals surface area contributed by atoms with E-state index in [1.54, 1.807) is 18.3 Å². The van der Waals surface area contributed by atoms with Gasteiger partial charge in [-0.25, -0.2) is 9.97 Å². The quantitative estimate of drug-likeness (QED) is 0.628. The van der Waals surface area contributed by atoms with Crippen molar-refractivity contribution >= 4 is 40.6 Å². The highest BCUT2D eigenvalue weighted by Crippen LogP contribution is 2.27. The molecule has 7 nitrogen and oxygen atoms in total. The van der Waals surface area contributed by atoms with Crippen LogP contribution >= 0.6 is 11.8 Å². The van der Waals surface area contributed by atoms with Crippen molar-refractivity contribution in [1.29, 1.82) is 0 Å². The summed E-state index contributed by atoms with van der Waals surface area (Å²) in [5.41, 5.74) is 9.82. The van der Waals surface area contributed by atoms with Crippen molar-refractivity contribution in [3.8, 4) is 0 Å². The number of hydrogen-bond acceptors (Lipinski definition) is 7. The number of anilines is 2. The molecule has 126 valence electrons. The van der Waals surface area contributed by atoms with Crippen LogP contribution in [0.2, 0.25) is 0 Å². The summed E-state index contributed by atoms with van der Waals surface area (Å²) in [6, 6.07) is 7.65. The van der Waals surface area contributed by atoms with E-state index in [1.807, 2.05) is 12.1 Å². The minimum absolute atomic E-state index is 0.339. The minimum atomic E-state index is -0.391. The number of benzene rings is 1. The number of carbonyl (C=O) groups excluding carboxylic acids is 2. The van der Waals surface area contributed by atoms with Crippen LogP contribution in [0, 0.1) is 0 Å². The SMILES string of the molecule is Nc1cccc2c1CCN(c1nccc(/C=C3\SC(=O)NC3=O)n1)C2. The van der Waals surface area contributed by atoms with Crippen molar-refractivity contribution in [1.82, 2.24) is 15.3 Å². The molecule has 3 N–H and O–H groups in total. The van der Waals surface area contributed by atoms with Crippen molar-refractivity contribution in [2.45, 2.75) is 13.0 Å². The zero-order valence-electron chi connectivity index (χ0n) is 13.2. The summed E-state index contributed by atoms with van der Waals surface area (Å²) in [6.07, 6.45) is 4.10. The zero-order valence-corrected chi connectivity index (χ0v) is 14.0. The Kier molecular flexibility index (Phi) is 3.89. The highest BCUT2D eigenvalue weighted by Gasteiger charge is 2.25. The van der Waals surface area contributed by atoms with Gasteiger partial charge in [0.15, 0.2) is 0 Å². The van der Waals surface area contributed by atoms with Crippen LogP contribution in [0.25, 0.3) is 6.08 Å². The minimum Gasteiger partial charge on any atom is -0.398 e. The molecule has 0 atom stereocenters. The van der Waals surface area contributed by atoms with Crippen molar-refractivity contribution in [3.63, 3.8) is 0 Å². The number of nitrogens with one attached hydrogen (secondary N) is 1. The highest BCUT2D eigenvalue weighted by molar-refractivity contribution is 8.18. The van der Waals surface area contributed by atoms with Gasteiger partial charge in [0.05, 0.1) is 10.6 Å². The first-order chi connectivity index (χ1) is 12.1. The topological polar surface area (TPSA) is 101 Å². The number of hydrogen-bond donors (Lipinski definition) is 2. The molecule has 0 unspecified atom stereocenters. The summed E-state index contributed by atoms with van der Waals surface area (Å²) in [6.45, 7) is 1.46. The highest BCUT2D eigenvalue weighted by atomic mass is 32.2. The lowest BCUT2D eigenvalue weighted by Crippen LogP contribution is -2.32. The van der Waals surface area contributed by atoms with Crippen LogP contribution in [0.3, 0.4) is 0 Å². The number of aromatic nitrogens is 2. The standard InChI is InChI=1S/C17H15N5O2S/c18-13-3-1-2-10-9-22(7-5-12(10)13)16-19-6-4-11(20-16)8-14-15(23)21-17(24)25-14/h1-4,6,8H,5,7,9,18H2,(H,21,23,24)/b14-8-. The molecule has 0 bridgehead atoms. The smallest absolute Gasteiger partial charge is 0.290 e. The Morgan fingerprint density at radius 1 is 1.28 bits per heavy atom. The summed E-state index contributed by atoms with van der Waals surface area (Å²) in [5.74, 6) is 0.203. The number of nitrogens with two attached hydrogens (primary N) is 1. The number of amides is 2. The molecule has 1 saturated heterocycles. The molecule has 8 heteroatoms. The van der Waals surface area contributed by atoms with Gasteiger partial charge in [-0.1, -0.05) is 12.1 Å². The van der Waals surface area contributed by atoms with Crippen LogP contribution in [-0.4, -0.2) is 27.7 Å². The molecule has 2 aromatic rings. The van der Waals surface area contributed by atoms with Gasteiger partial charge in [0.1, 0.15) is 0 Å². The number of carbonyl (C=O) groups is 2. The lowest BCUT2D eigenvalue weighted by Gasteiger charge is -2.29. The molecule has 2 amide bonds. The molecule has 4 rings (SSSR count). The number of thioether (sulfide) groups is 1. The average molecular weight is 353 g/mol. The van der Waals surface area contributed by atoms with Crippen molar-refractivity contribution in [3.05, 3.63) is 52.2 Å². The first-order valence-electron chi connectivity index (χ1n) is 7.79. The van der Waals surface area contributed by atoms with Crippen molar-refractivity contribution in [2.24, 2.45) is 0 Å². The van der Waals surface area contributed by atoms with E-state index >= 15 is 0 Å². The number of nitrogens with zero attached hydrogens (tertiary/aromatic N) is 3.